The van der Waals surface area contributed by atoms with E-state index < -0.39 is 17.7 Å². The maximum absolute atomic E-state index is 13.6. The first kappa shape index (κ1) is 24.4. The van der Waals surface area contributed by atoms with Crippen molar-refractivity contribution in [3.05, 3.63) is 100 Å². The quantitative estimate of drug-likeness (QED) is 0.188. The number of aromatic nitrogens is 1. The molecule has 2 N–H and O–H groups in total. The number of nitrogens with zero attached hydrogens (tertiary/aromatic N) is 1. The Morgan fingerprint density at radius 2 is 1.65 bits per heavy atom. The van der Waals surface area contributed by atoms with Gasteiger partial charge in [-0.05, 0) is 88.2 Å². The van der Waals surface area contributed by atoms with Gasteiger partial charge in [-0.25, -0.2) is 0 Å². The summed E-state index contributed by atoms with van der Waals surface area (Å²) in [6.07, 6.45) is 0.00702. The molecule has 1 aliphatic rings. The molecule has 1 atom stereocenters. The van der Waals surface area contributed by atoms with Crippen LogP contribution in [0.25, 0.3) is 16.7 Å². The molecule has 5 rings (SSSR count). The molecule has 0 aliphatic carbocycles. The molecular formula is C31H30N2O4. The Morgan fingerprint density at radius 3 is 2.32 bits per heavy atom. The van der Waals surface area contributed by atoms with Gasteiger partial charge in [0.25, 0.3) is 11.7 Å². The molecule has 6 nitrogen and oxygen atoms in total. The van der Waals surface area contributed by atoms with Crippen LogP contribution in [-0.4, -0.2) is 27.9 Å². The van der Waals surface area contributed by atoms with Gasteiger partial charge in [0.1, 0.15) is 11.5 Å². The van der Waals surface area contributed by atoms with Crippen molar-refractivity contribution in [3.8, 4) is 5.75 Å². The van der Waals surface area contributed by atoms with Crippen molar-refractivity contribution in [3.63, 3.8) is 0 Å². The first-order valence-corrected chi connectivity index (χ1v) is 12.4. The van der Waals surface area contributed by atoms with Gasteiger partial charge in [0.15, 0.2) is 0 Å². The van der Waals surface area contributed by atoms with Gasteiger partial charge in [-0.2, -0.15) is 0 Å². The van der Waals surface area contributed by atoms with E-state index in [-0.39, 0.29) is 17.4 Å². The van der Waals surface area contributed by atoms with Gasteiger partial charge in [-0.1, -0.05) is 24.3 Å². The van der Waals surface area contributed by atoms with E-state index in [9.17, 15) is 14.7 Å². The highest BCUT2D eigenvalue weighted by molar-refractivity contribution is 6.52. The van der Waals surface area contributed by atoms with Crippen molar-refractivity contribution in [2.45, 2.75) is 46.8 Å². The van der Waals surface area contributed by atoms with Crippen LogP contribution >= 0.6 is 0 Å². The second-order valence-electron chi connectivity index (χ2n) is 9.84. The van der Waals surface area contributed by atoms with Crippen molar-refractivity contribution < 1.29 is 19.4 Å². The molecule has 0 spiro atoms. The van der Waals surface area contributed by atoms with Gasteiger partial charge in [0, 0.05) is 33.4 Å². The number of Topliss-reactive ketones (excluding diaryl/α,β-unsaturated/α-hetero) is 1. The average Bonchev–Trinajstić information content (AvgIpc) is 3.32. The van der Waals surface area contributed by atoms with Crippen LogP contribution in [0.1, 0.15) is 47.8 Å². The van der Waals surface area contributed by atoms with Crippen LogP contribution < -0.4 is 9.64 Å². The third-order valence-electron chi connectivity index (χ3n) is 6.93. The smallest absolute Gasteiger partial charge is 0.300 e. The summed E-state index contributed by atoms with van der Waals surface area (Å²) in [6.45, 7) is 9.77. The Labute approximate surface area is 216 Å². The minimum Gasteiger partial charge on any atom is -0.507 e. The highest BCUT2D eigenvalue weighted by Gasteiger charge is 2.48. The van der Waals surface area contributed by atoms with Gasteiger partial charge in [0.2, 0.25) is 0 Å². The van der Waals surface area contributed by atoms with E-state index in [4.69, 9.17) is 4.74 Å². The summed E-state index contributed by atoms with van der Waals surface area (Å²) in [7, 11) is 0. The Hall–Kier alpha value is -4.32. The lowest BCUT2D eigenvalue weighted by Crippen LogP contribution is -2.29. The third-order valence-corrected chi connectivity index (χ3v) is 6.93. The Morgan fingerprint density at radius 1 is 0.946 bits per heavy atom. The molecule has 37 heavy (non-hydrogen) atoms. The Balaban J connectivity index is 1.74. The number of anilines is 1. The average molecular weight is 495 g/mol. The first-order chi connectivity index (χ1) is 17.7. The molecule has 0 bridgehead atoms. The number of nitrogens with one attached hydrogen (secondary N) is 1. The summed E-state index contributed by atoms with van der Waals surface area (Å²) in [4.78, 5) is 32.0. The number of ether oxygens (including phenoxy) is 1. The van der Waals surface area contributed by atoms with E-state index in [2.05, 4.69) is 4.98 Å². The van der Waals surface area contributed by atoms with E-state index in [0.717, 1.165) is 33.3 Å². The predicted octanol–water partition coefficient (Wildman–Crippen LogP) is 6.51. The number of rotatable bonds is 5. The van der Waals surface area contributed by atoms with Gasteiger partial charge >= 0.3 is 0 Å². The number of aliphatic hydroxyl groups excluding tert-OH is 1. The molecule has 1 unspecified atom stereocenters. The number of hydrogen-bond donors (Lipinski definition) is 2. The Bertz CT molecular complexity index is 1560. The molecular weight excluding hydrogens is 464 g/mol. The lowest BCUT2D eigenvalue weighted by Gasteiger charge is -2.26. The maximum Gasteiger partial charge on any atom is 0.300 e. The lowest BCUT2D eigenvalue weighted by molar-refractivity contribution is -0.132. The Kier molecular flexibility index (Phi) is 6.12. The van der Waals surface area contributed by atoms with Crippen molar-refractivity contribution in [1.82, 2.24) is 4.98 Å². The van der Waals surface area contributed by atoms with Gasteiger partial charge in [0.05, 0.1) is 17.7 Å². The number of aryl methyl sites for hydroxylation is 3. The number of para-hydroxylation sites is 1. The standard InChI is InChI=1S/C31H30N2O4/c1-17(2)37-23-14-11-21(12-15-23)29(34)27-28(26-20(5)32-25-9-7-6-8-24(25)26)33(31(36)30(27)35)22-13-10-18(3)19(4)16-22/h6-17,28,32,34H,1-5H3/b29-27+. The van der Waals surface area contributed by atoms with E-state index in [0.29, 0.717) is 17.0 Å². The zero-order valence-electron chi connectivity index (χ0n) is 21.6. The monoisotopic (exact) mass is 494 g/mol. The van der Waals surface area contributed by atoms with Crippen LogP contribution in [0, 0.1) is 20.8 Å². The van der Waals surface area contributed by atoms with E-state index >= 15 is 0 Å². The van der Waals surface area contributed by atoms with Crippen LogP contribution in [0.5, 0.6) is 5.75 Å². The first-order valence-electron chi connectivity index (χ1n) is 12.4. The number of hydrogen-bond acceptors (Lipinski definition) is 4. The summed E-state index contributed by atoms with van der Waals surface area (Å²) in [5, 5.41) is 12.4. The molecule has 2 heterocycles. The fourth-order valence-corrected chi connectivity index (χ4v) is 5.02. The maximum atomic E-state index is 13.6. The summed E-state index contributed by atoms with van der Waals surface area (Å²) in [6, 6.07) is 19.6. The van der Waals surface area contributed by atoms with Crippen molar-refractivity contribution >= 4 is 34.0 Å². The molecule has 0 radical (unpaired) electrons. The second kappa shape index (κ2) is 9.28. The molecule has 1 fully saturated rings. The van der Waals surface area contributed by atoms with Crippen molar-refractivity contribution in [2.24, 2.45) is 0 Å². The molecule has 1 saturated heterocycles. The molecule has 1 aromatic heterocycles. The molecule has 1 amide bonds. The zero-order valence-corrected chi connectivity index (χ0v) is 21.6. The largest absolute Gasteiger partial charge is 0.507 e. The van der Waals surface area contributed by atoms with Crippen molar-refractivity contribution in [1.29, 1.82) is 0 Å². The lowest BCUT2D eigenvalue weighted by atomic mass is 9.93. The normalized spacial score (nSPS) is 17.2. The summed E-state index contributed by atoms with van der Waals surface area (Å²) in [5.74, 6) is -0.936. The SMILES string of the molecule is Cc1ccc(N2C(=O)C(=O)/C(=C(/O)c3ccc(OC(C)C)cc3)C2c2c(C)[nH]c3ccccc23)cc1C. The number of carbonyl (C=O) groups is 2. The van der Waals surface area contributed by atoms with E-state index in [1.165, 1.54) is 4.90 Å². The summed E-state index contributed by atoms with van der Waals surface area (Å²) < 4.78 is 5.72. The number of fused-ring (bicyclic) bond motifs is 1. The fraction of sp³-hybridized carbons (Fsp3) is 0.226. The van der Waals surface area contributed by atoms with Crippen LogP contribution in [0.3, 0.4) is 0 Å². The highest BCUT2D eigenvalue weighted by atomic mass is 16.5. The number of amides is 1. The molecule has 3 aromatic carbocycles. The van der Waals surface area contributed by atoms with Crippen LogP contribution in [-0.2, 0) is 9.59 Å². The number of carbonyl (C=O) groups excluding carboxylic acids is 2. The third kappa shape index (κ3) is 4.18. The molecule has 4 aromatic rings. The fourth-order valence-electron chi connectivity index (χ4n) is 5.02. The molecule has 188 valence electrons. The summed E-state index contributed by atoms with van der Waals surface area (Å²) >= 11 is 0. The number of aromatic amines is 1. The van der Waals surface area contributed by atoms with Gasteiger partial charge in [-0.15, -0.1) is 0 Å². The molecule has 1 aliphatic heterocycles. The van der Waals surface area contributed by atoms with Crippen LogP contribution in [0.15, 0.2) is 72.3 Å². The number of benzene rings is 3. The van der Waals surface area contributed by atoms with Gasteiger partial charge in [-0.3, -0.25) is 14.5 Å². The number of aliphatic hydroxyl groups is 1. The molecule has 6 heteroatoms. The molecule has 0 saturated carbocycles. The van der Waals surface area contributed by atoms with Crippen molar-refractivity contribution in [2.75, 3.05) is 4.90 Å². The minimum absolute atomic E-state index is 0.00702. The van der Waals surface area contributed by atoms with E-state index in [1.807, 2.05) is 77.1 Å². The van der Waals surface area contributed by atoms with Crippen LogP contribution in [0.2, 0.25) is 0 Å². The number of ketones is 1. The highest BCUT2D eigenvalue weighted by Crippen LogP contribution is 2.45. The van der Waals surface area contributed by atoms with Crippen LogP contribution in [0.4, 0.5) is 5.69 Å². The minimum atomic E-state index is -0.801. The number of H-pyrrole nitrogens is 1. The predicted molar refractivity (Wildman–Crippen MR) is 146 cm³/mol. The second-order valence-corrected chi connectivity index (χ2v) is 9.84. The zero-order chi connectivity index (χ0) is 26.4. The van der Waals surface area contributed by atoms with Gasteiger partial charge < -0.3 is 14.8 Å². The summed E-state index contributed by atoms with van der Waals surface area (Å²) in [5.41, 5.74) is 5.72. The topological polar surface area (TPSA) is 82.6 Å². The van der Waals surface area contributed by atoms with E-state index in [1.54, 1.807) is 24.3 Å².